The van der Waals surface area contributed by atoms with E-state index in [2.05, 4.69) is 10.6 Å². The Morgan fingerprint density at radius 1 is 0.625 bits per heavy atom. The fourth-order valence-electron chi connectivity index (χ4n) is 4.82. The maximum absolute atomic E-state index is 12.0. The quantitative estimate of drug-likeness (QED) is 0.399. The standard InChI is InChI=1S/2C14H27N3O3/c2*1-14(2,3)20-13(19)16-11-8-9(6-7-10(11)15)12(18)17(4)5/h2*9-11H,6-8,15H2,1-5H3,(H,16,19)/t2*9-,10-,11-/m10/s1. The molecule has 232 valence electrons. The van der Waals surface area contributed by atoms with Crippen molar-refractivity contribution in [2.75, 3.05) is 28.2 Å². The first-order valence-corrected chi connectivity index (χ1v) is 14.1. The van der Waals surface area contributed by atoms with E-state index in [1.165, 1.54) is 0 Å². The number of carbonyl (C=O) groups excluding carboxylic acids is 4. The number of nitrogens with two attached hydrogens (primary N) is 2. The highest BCUT2D eigenvalue weighted by molar-refractivity contribution is 5.79. The van der Waals surface area contributed by atoms with Crippen LogP contribution in [0.4, 0.5) is 9.59 Å². The van der Waals surface area contributed by atoms with Crippen LogP contribution in [0.5, 0.6) is 0 Å². The molecule has 6 N–H and O–H groups in total. The summed E-state index contributed by atoms with van der Waals surface area (Å²) in [6.45, 7) is 10.9. The lowest BCUT2D eigenvalue weighted by Gasteiger charge is -2.35. The summed E-state index contributed by atoms with van der Waals surface area (Å²) in [7, 11) is 6.97. The summed E-state index contributed by atoms with van der Waals surface area (Å²) in [4.78, 5) is 50.8. The zero-order chi connectivity index (χ0) is 31.0. The zero-order valence-electron chi connectivity index (χ0n) is 26.2. The van der Waals surface area contributed by atoms with Crippen LogP contribution in [-0.4, -0.2) is 97.4 Å². The van der Waals surface area contributed by atoms with E-state index in [1.807, 2.05) is 41.5 Å². The third-order valence-electron chi connectivity index (χ3n) is 6.79. The van der Waals surface area contributed by atoms with Crippen LogP contribution in [0.2, 0.25) is 0 Å². The Bertz CT molecular complexity index is 796. The smallest absolute Gasteiger partial charge is 0.407 e. The van der Waals surface area contributed by atoms with Crippen molar-refractivity contribution in [2.45, 2.75) is 115 Å². The van der Waals surface area contributed by atoms with Gasteiger partial charge in [0, 0.05) is 64.2 Å². The number of rotatable bonds is 4. The first-order valence-electron chi connectivity index (χ1n) is 14.1. The molecule has 0 radical (unpaired) electrons. The third-order valence-corrected chi connectivity index (χ3v) is 6.79. The molecule has 2 saturated carbocycles. The molecule has 12 nitrogen and oxygen atoms in total. The second kappa shape index (κ2) is 14.9. The summed E-state index contributed by atoms with van der Waals surface area (Å²) in [5, 5.41) is 5.58. The number of ether oxygens (including phenoxy) is 2. The highest BCUT2D eigenvalue weighted by atomic mass is 16.6. The second-order valence-corrected chi connectivity index (χ2v) is 13.3. The lowest BCUT2D eigenvalue weighted by Crippen LogP contribution is -2.53. The van der Waals surface area contributed by atoms with E-state index in [-0.39, 0.29) is 47.8 Å². The second-order valence-electron chi connectivity index (χ2n) is 13.3. The normalized spacial score (nSPS) is 26.8. The monoisotopic (exact) mass is 570 g/mol. The van der Waals surface area contributed by atoms with Gasteiger partial charge in [0.25, 0.3) is 0 Å². The Hall–Kier alpha value is -2.60. The number of hydrogen-bond acceptors (Lipinski definition) is 8. The highest BCUT2D eigenvalue weighted by Gasteiger charge is 2.35. The van der Waals surface area contributed by atoms with E-state index in [9.17, 15) is 19.2 Å². The van der Waals surface area contributed by atoms with Crippen LogP contribution in [0.1, 0.15) is 80.1 Å². The largest absolute Gasteiger partial charge is 0.444 e. The lowest BCUT2D eigenvalue weighted by atomic mass is 9.82. The van der Waals surface area contributed by atoms with Crippen molar-refractivity contribution < 1.29 is 28.7 Å². The molecule has 0 aliphatic heterocycles. The fourth-order valence-corrected chi connectivity index (χ4v) is 4.82. The van der Waals surface area contributed by atoms with Gasteiger partial charge in [-0.3, -0.25) is 9.59 Å². The Labute approximate surface area is 240 Å². The van der Waals surface area contributed by atoms with Crippen molar-refractivity contribution >= 4 is 24.0 Å². The van der Waals surface area contributed by atoms with Crippen LogP contribution < -0.4 is 22.1 Å². The minimum absolute atomic E-state index is 0.0789. The predicted molar refractivity (Wildman–Crippen MR) is 154 cm³/mol. The molecule has 0 heterocycles. The van der Waals surface area contributed by atoms with Gasteiger partial charge in [0.2, 0.25) is 11.8 Å². The molecular formula is C28H54N6O6. The Morgan fingerprint density at radius 3 is 1.18 bits per heavy atom. The molecule has 2 rings (SSSR count). The van der Waals surface area contributed by atoms with Gasteiger partial charge < -0.3 is 41.4 Å². The van der Waals surface area contributed by atoms with E-state index in [0.29, 0.717) is 12.8 Å². The SMILES string of the molecule is CN(C)C(=O)[C@@H]1CC[C@@H](N)[C@H](NC(=O)OC(C)(C)C)C1.CN(C)C(=O)[C@H]1CC[C@H](N)[C@@H](NC(=O)OC(C)(C)C)C1. The van der Waals surface area contributed by atoms with Crippen molar-refractivity contribution in [3.63, 3.8) is 0 Å². The molecule has 0 saturated heterocycles. The van der Waals surface area contributed by atoms with Crippen LogP contribution in [0.25, 0.3) is 0 Å². The number of carbonyl (C=O) groups is 4. The average molecular weight is 571 g/mol. The van der Waals surface area contributed by atoms with Gasteiger partial charge in [0.15, 0.2) is 0 Å². The molecule has 0 bridgehead atoms. The molecule has 2 aliphatic carbocycles. The van der Waals surface area contributed by atoms with Crippen molar-refractivity contribution in [1.29, 1.82) is 0 Å². The van der Waals surface area contributed by atoms with Crippen molar-refractivity contribution in [1.82, 2.24) is 20.4 Å². The first kappa shape index (κ1) is 35.4. The van der Waals surface area contributed by atoms with Gasteiger partial charge in [0.1, 0.15) is 11.2 Å². The molecule has 0 unspecified atom stereocenters. The highest BCUT2D eigenvalue weighted by Crippen LogP contribution is 2.26. The summed E-state index contributed by atoms with van der Waals surface area (Å²) in [5.74, 6) is 0.0234. The Morgan fingerprint density at radius 2 is 0.925 bits per heavy atom. The van der Waals surface area contributed by atoms with E-state index < -0.39 is 23.4 Å². The van der Waals surface area contributed by atoms with Gasteiger partial charge in [0.05, 0.1) is 0 Å². The molecule has 4 amide bonds. The summed E-state index contributed by atoms with van der Waals surface area (Å²) in [6.07, 6.45) is 3.17. The molecule has 6 atom stereocenters. The molecule has 0 spiro atoms. The van der Waals surface area contributed by atoms with Crippen LogP contribution in [0.15, 0.2) is 0 Å². The molecule has 0 aromatic rings. The Kier molecular flexibility index (Phi) is 13.2. The van der Waals surface area contributed by atoms with Gasteiger partial charge >= 0.3 is 12.2 Å². The minimum atomic E-state index is -0.540. The van der Waals surface area contributed by atoms with Gasteiger partial charge in [-0.15, -0.1) is 0 Å². The van der Waals surface area contributed by atoms with Crippen molar-refractivity contribution in [2.24, 2.45) is 23.3 Å². The molecule has 0 aromatic carbocycles. The summed E-state index contributed by atoms with van der Waals surface area (Å²) >= 11 is 0. The van der Waals surface area contributed by atoms with Gasteiger partial charge in [-0.1, -0.05) is 0 Å². The van der Waals surface area contributed by atoms with E-state index in [4.69, 9.17) is 20.9 Å². The lowest BCUT2D eigenvalue weighted by molar-refractivity contribution is -0.135. The maximum Gasteiger partial charge on any atom is 0.407 e. The fraction of sp³-hybridized carbons (Fsp3) is 0.857. The first-order chi connectivity index (χ1) is 18.2. The van der Waals surface area contributed by atoms with E-state index in [1.54, 1.807) is 38.0 Å². The molecule has 12 heteroatoms. The summed E-state index contributed by atoms with van der Waals surface area (Å²) in [5.41, 5.74) is 11.0. The molecule has 0 aromatic heterocycles. The summed E-state index contributed by atoms with van der Waals surface area (Å²) < 4.78 is 10.5. The maximum atomic E-state index is 12.0. The molecular weight excluding hydrogens is 516 g/mol. The minimum Gasteiger partial charge on any atom is -0.444 e. The van der Waals surface area contributed by atoms with Crippen LogP contribution in [0.3, 0.4) is 0 Å². The van der Waals surface area contributed by atoms with Crippen molar-refractivity contribution in [3.8, 4) is 0 Å². The number of hydrogen-bond donors (Lipinski definition) is 4. The third kappa shape index (κ3) is 12.7. The number of alkyl carbamates (subject to hydrolysis) is 2. The number of nitrogens with zero attached hydrogens (tertiary/aromatic N) is 2. The molecule has 2 aliphatic rings. The number of nitrogens with one attached hydrogen (secondary N) is 2. The zero-order valence-corrected chi connectivity index (χ0v) is 26.2. The number of amides is 4. The van der Waals surface area contributed by atoms with Gasteiger partial charge in [-0.2, -0.15) is 0 Å². The van der Waals surface area contributed by atoms with Crippen LogP contribution in [0, 0.1) is 11.8 Å². The van der Waals surface area contributed by atoms with Crippen molar-refractivity contribution in [3.05, 3.63) is 0 Å². The topological polar surface area (TPSA) is 169 Å². The molecule has 40 heavy (non-hydrogen) atoms. The predicted octanol–water partition coefficient (Wildman–Crippen LogP) is 2.19. The van der Waals surface area contributed by atoms with Crippen LogP contribution >= 0.6 is 0 Å². The van der Waals surface area contributed by atoms with Gasteiger partial charge in [-0.25, -0.2) is 9.59 Å². The van der Waals surface area contributed by atoms with Crippen LogP contribution in [-0.2, 0) is 19.1 Å². The Balaban J connectivity index is 0.000000400. The van der Waals surface area contributed by atoms with E-state index in [0.717, 1.165) is 25.7 Å². The van der Waals surface area contributed by atoms with E-state index >= 15 is 0 Å². The average Bonchev–Trinajstić information content (AvgIpc) is 2.78. The van der Waals surface area contributed by atoms with Gasteiger partial charge in [-0.05, 0) is 80.1 Å². The molecule has 2 fully saturated rings. The summed E-state index contributed by atoms with van der Waals surface area (Å²) in [6, 6.07) is -0.692.